The van der Waals surface area contributed by atoms with Crippen molar-refractivity contribution in [3.63, 3.8) is 0 Å². The van der Waals surface area contributed by atoms with Gasteiger partial charge in [-0.1, -0.05) is 19.1 Å². The molecule has 4 rings (SSSR count). The van der Waals surface area contributed by atoms with Crippen LogP contribution in [0.15, 0.2) is 24.3 Å². The van der Waals surface area contributed by atoms with Crippen LogP contribution in [-0.4, -0.2) is 45.9 Å². The molecule has 0 radical (unpaired) electrons. The highest BCUT2D eigenvalue weighted by atomic mass is 16.6. The maximum atomic E-state index is 12.9. The molecule has 2 N–H and O–H groups in total. The molecule has 1 aliphatic carbocycles. The summed E-state index contributed by atoms with van der Waals surface area (Å²) in [7, 11) is 1.12. The largest absolute Gasteiger partial charge is 0.508 e. The molecule has 28 heavy (non-hydrogen) atoms. The molecule has 8 nitrogen and oxygen atoms in total. The first-order valence-electron chi connectivity index (χ1n) is 9.46. The van der Waals surface area contributed by atoms with Crippen LogP contribution in [0.3, 0.4) is 0 Å². The number of phenols is 1. The number of fused-ring (bicyclic) bond motifs is 3. The van der Waals surface area contributed by atoms with Gasteiger partial charge in [0.1, 0.15) is 5.75 Å². The van der Waals surface area contributed by atoms with Gasteiger partial charge in [0.25, 0.3) is 0 Å². The lowest BCUT2D eigenvalue weighted by molar-refractivity contribution is -0.269. The quantitative estimate of drug-likeness (QED) is 0.743. The Labute approximate surface area is 162 Å². The maximum Gasteiger partial charge on any atom is 0.423 e. The summed E-state index contributed by atoms with van der Waals surface area (Å²) < 4.78 is 10.7. The molecule has 0 spiro atoms. The van der Waals surface area contributed by atoms with Crippen molar-refractivity contribution < 1.29 is 34.1 Å². The Balaban J connectivity index is 1.71. The first-order chi connectivity index (χ1) is 13.3. The monoisotopic (exact) mass is 389 g/mol. The fraction of sp³-hybridized carbons (Fsp3) is 0.550. The zero-order chi connectivity index (χ0) is 20.2. The fourth-order valence-electron chi connectivity index (χ4n) is 5.11. The summed E-state index contributed by atoms with van der Waals surface area (Å²) in [6.45, 7) is 1.90. The molecule has 1 aromatic carbocycles. The summed E-state index contributed by atoms with van der Waals surface area (Å²) >= 11 is 0. The van der Waals surface area contributed by atoms with Gasteiger partial charge in [-0.2, -0.15) is 4.90 Å². The number of hydrogen-bond donors (Lipinski definition) is 2. The molecular weight excluding hydrogens is 366 g/mol. The Morgan fingerprint density at radius 1 is 1.25 bits per heavy atom. The van der Waals surface area contributed by atoms with Crippen molar-refractivity contribution in [2.75, 3.05) is 7.11 Å². The molecule has 8 heteroatoms. The van der Waals surface area contributed by atoms with E-state index in [4.69, 9.17) is 4.74 Å². The van der Waals surface area contributed by atoms with Crippen LogP contribution in [0.2, 0.25) is 0 Å². The van der Waals surface area contributed by atoms with E-state index in [9.17, 15) is 24.6 Å². The van der Waals surface area contributed by atoms with Gasteiger partial charge < -0.3 is 19.7 Å². The van der Waals surface area contributed by atoms with Gasteiger partial charge in [-0.05, 0) is 37.0 Å². The zero-order valence-electron chi connectivity index (χ0n) is 15.7. The number of hydrogen-bond acceptors (Lipinski definition) is 7. The molecule has 3 fully saturated rings. The number of aliphatic hydroxyl groups is 1. The van der Waals surface area contributed by atoms with E-state index in [1.807, 2.05) is 6.92 Å². The summed E-state index contributed by atoms with van der Waals surface area (Å²) in [6, 6.07) is 6.49. The smallest absolute Gasteiger partial charge is 0.423 e. The first-order valence-corrected chi connectivity index (χ1v) is 9.46. The molecule has 2 aliphatic heterocycles. The number of carbonyl (C=O) groups excluding carboxylic acids is 3. The number of carbonyl (C=O) groups is 3. The second-order valence-corrected chi connectivity index (χ2v) is 7.75. The van der Waals surface area contributed by atoms with E-state index < -0.39 is 47.6 Å². The van der Waals surface area contributed by atoms with Crippen LogP contribution in [-0.2, 0) is 19.1 Å². The molecule has 2 saturated heterocycles. The van der Waals surface area contributed by atoms with Crippen molar-refractivity contribution in [1.29, 1.82) is 0 Å². The molecule has 0 bridgehead atoms. The molecule has 3 aliphatic rings. The Morgan fingerprint density at radius 3 is 2.54 bits per heavy atom. The molecule has 1 aromatic rings. The maximum absolute atomic E-state index is 12.9. The second-order valence-electron chi connectivity index (χ2n) is 7.75. The summed E-state index contributed by atoms with van der Waals surface area (Å²) in [5.41, 5.74) is 0.772. The third kappa shape index (κ3) is 2.55. The molecule has 1 saturated carbocycles. The first kappa shape index (κ1) is 18.9. The van der Waals surface area contributed by atoms with E-state index in [1.165, 1.54) is 12.1 Å². The number of likely N-dealkylation sites (tertiary alicyclic amines) is 1. The van der Waals surface area contributed by atoms with Gasteiger partial charge in [-0.15, -0.1) is 0 Å². The third-order valence-corrected chi connectivity index (χ3v) is 6.48. The number of amides is 3. The van der Waals surface area contributed by atoms with Gasteiger partial charge in [0.2, 0.25) is 11.8 Å². The van der Waals surface area contributed by atoms with Crippen molar-refractivity contribution in [3.8, 4) is 5.75 Å². The van der Waals surface area contributed by atoms with Crippen molar-refractivity contribution in [3.05, 3.63) is 29.8 Å². The SMILES string of the molecule is CC[C@H]1C[C@@H]2C(=O)N(C(=O)OC)C(=O)[C@@H]2[C@@H]2C[C@@H](c3ccc(O)cc3)O[C@]12O. The lowest BCUT2D eigenvalue weighted by Gasteiger charge is -2.44. The minimum absolute atomic E-state index is 0.120. The molecule has 150 valence electrons. The number of nitrogens with zero attached hydrogens (tertiary/aromatic N) is 1. The van der Waals surface area contributed by atoms with Gasteiger partial charge in [0, 0.05) is 11.8 Å². The minimum Gasteiger partial charge on any atom is -0.508 e. The summed E-state index contributed by atoms with van der Waals surface area (Å²) in [4.78, 5) is 38.2. The fourth-order valence-corrected chi connectivity index (χ4v) is 5.11. The topological polar surface area (TPSA) is 113 Å². The van der Waals surface area contributed by atoms with E-state index in [-0.39, 0.29) is 18.1 Å². The Hall–Kier alpha value is -2.45. The van der Waals surface area contributed by atoms with Crippen molar-refractivity contribution >= 4 is 17.9 Å². The molecule has 2 heterocycles. The number of benzene rings is 1. The summed E-state index contributed by atoms with van der Waals surface area (Å²) in [6.07, 6.45) is -0.284. The van der Waals surface area contributed by atoms with Crippen LogP contribution in [0.4, 0.5) is 4.79 Å². The van der Waals surface area contributed by atoms with Crippen molar-refractivity contribution in [1.82, 2.24) is 4.90 Å². The van der Waals surface area contributed by atoms with Gasteiger partial charge in [0.15, 0.2) is 5.79 Å². The lowest BCUT2D eigenvalue weighted by atomic mass is 9.64. The minimum atomic E-state index is -1.56. The van der Waals surface area contributed by atoms with Crippen molar-refractivity contribution in [2.45, 2.75) is 38.1 Å². The Morgan fingerprint density at radius 2 is 1.93 bits per heavy atom. The van der Waals surface area contributed by atoms with E-state index >= 15 is 0 Å². The van der Waals surface area contributed by atoms with Crippen LogP contribution in [0.25, 0.3) is 0 Å². The van der Waals surface area contributed by atoms with Gasteiger partial charge in [0.05, 0.1) is 25.0 Å². The van der Waals surface area contributed by atoms with Crippen LogP contribution in [0, 0.1) is 23.7 Å². The molecule has 3 amide bonds. The predicted molar refractivity (Wildman–Crippen MR) is 94.6 cm³/mol. The normalized spacial score (nSPS) is 37.0. The average molecular weight is 389 g/mol. The lowest BCUT2D eigenvalue weighted by Crippen LogP contribution is -2.53. The number of aromatic hydroxyl groups is 1. The number of rotatable bonds is 2. The zero-order valence-corrected chi connectivity index (χ0v) is 15.7. The van der Waals surface area contributed by atoms with Crippen molar-refractivity contribution in [2.24, 2.45) is 23.7 Å². The molecule has 6 atom stereocenters. The Kier molecular flexibility index (Phi) is 4.43. The van der Waals surface area contributed by atoms with E-state index in [2.05, 4.69) is 4.74 Å². The number of methoxy groups -OCH3 is 1. The van der Waals surface area contributed by atoms with Crippen LogP contribution in [0.1, 0.15) is 37.9 Å². The van der Waals surface area contributed by atoms with E-state index in [1.54, 1.807) is 12.1 Å². The summed E-state index contributed by atoms with van der Waals surface area (Å²) in [5, 5.41) is 20.9. The van der Waals surface area contributed by atoms with E-state index in [0.29, 0.717) is 17.7 Å². The Bertz CT molecular complexity index is 822. The van der Waals surface area contributed by atoms with Gasteiger partial charge in [-0.3, -0.25) is 9.59 Å². The highest BCUT2D eigenvalue weighted by Crippen LogP contribution is 2.58. The standard InChI is InChI=1S/C20H23NO7/c1-3-11-8-13-16(18(24)21(17(13)23)19(25)27-2)14-9-15(28-20(11,14)26)10-4-6-12(22)7-5-10/h4-7,11,13-16,22,26H,3,8-9H2,1-2H3/t11-,13-,14-,15-,16-,20+/m0/s1. The predicted octanol–water partition coefficient (Wildman–Crippen LogP) is 1.96. The number of imide groups is 3. The highest BCUT2D eigenvalue weighted by molar-refractivity contribution is 6.15. The summed E-state index contributed by atoms with van der Waals surface area (Å²) in [5.74, 6) is -5.05. The number of phenolic OH excluding ortho intramolecular Hbond substituents is 1. The van der Waals surface area contributed by atoms with Crippen LogP contribution < -0.4 is 0 Å². The third-order valence-electron chi connectivity index (χ3n) is 6.48. The highest BCUT2D eigenvalue weighted by Gasteiger charge is 2.67. The molecule has 0 aromatic heterocycles. The molecule has 0 unspecified atom stereocenters. The van der Waals surface area contributed by atoms with Gasteiger partial charge in [-0.25, -0.2) is 4.79 Å². The van der Waals surface area contributed by atoms with E-state index in [0.717, 1.165) is 12.7 Å². The van der Waals surface area contributed by atoms with Gasteiger partial charge >= 0.3 is 6.09 Å². The van der Waals surface area contributed by atoms with Crippen LogP contribution in [0.5, 0.6) is 5.75 Å². The average Bonchev–Trinajstić information content (AvgIpc) is 3.15. The number of ether oxygens (including phenoxy) is 2. The molecular formula is C20H23NO7. The second kappa shape index (κ2) is 6.56. The van der Waals surface area contributed by atoms with Crippen LogP contribution >= 0.6 is 0 Å².